The van der Waals surface area contributed by atoms with E-state index in [0.29, 0.717) is 13.0 Å². The summed E-state index contributed by atoms with van der Waals surface area (Å²) in [7, 11) is 0. The average Bonchev–Trinajstić information content (AvgIpc) is 2.59. The number of ether oxygens (including phenoxy) is 1. The van der Waals surface area contributed by atoms with Crippen LogP contribution in [-0.2, 0) is 16.1 Å². The van der Waals surface area contributed by atoms with Gasteiger partial charge in [-0.2, -0.15) is 0 Å². The number of hydrogen-bond donors (Lipinski definition) is 1. The maximum absolute atomic E-state index is 11.3. The molecule has 1 N–H and O–H groups in total. The molecular formula is C21H34O3. The molecule has 136 valence electrons. The minimum absolute atomic E-state index is 0.371. The van der Waals surface area contributed by atoms with Crippen LogP contribution in [0.2, 0.25) is 0 Å². The molecule has 0 amide bonds. The highest BCUT2D eigenvalue weighted by Crippen LogP contribution is 2.14. The van der Waals surface area contributed by atoms with Gasteiger partial charge in [0, 0.05) is 0 Å². The third-order valence-corrected chi connectivity index (χ3v) is 4.39. The van der Waals surface area contributed by atoms with Gasteiger partial charge in [-0.25, -0.2) is 4.79 Å². The zero-order chi connectivity index (χ0) is 17.5. The number of carboxylic acid groups (broad SMARTS) is 1. The van der Waals surface area contributed by atoms with Crippen molar-refractivity contribution < 1.29 is 14.6 Å². The van der Waals surface area contributed by atoms with E-state index in [1.54, 1.807) is 0 Å². The number of hydrogen-bond acceptors (Lipinski definition) is 2. The zero-order valence-corrected chi connectivity index (χ0v) is 15.2. The van der Waals surface area contributed by atoms with E-state index in [1.165, 1.54) is 51.4 Å². The van der Waals surface area contributed by atoms with Crippen molar-refractivity contribution in [1.82, 2.24) is 0 Å². The lowest BCUT2D eigenvalue weighted by Crippen LogP contribution is -2.23. The van der Waals surface area contributed by atoms with Gasteiger partial charge in [-0.3, -0.25) is 0 Å². The van der Waals surface area contributed by atoms with Crippen molar-refractivity contribution in [1.29, 1.82) is 0 Å². The van der Waals surface area contributed by atoms with E-state index in [-0.39, 0.29) is 0 Å². The molecule has 0 fully saturated rings. The van der Waals surface area contributed by atoms with Crippen molar-refractivity contribution in [3.8, 4) is 0 Å². The van der Waals surface area contributed by atoms with Crippen molar-refractivity contribution in [2.45, 2.75) is 90.3 Å². The molecule has 3 heteroatoms. The Morgan fingerprint density at radius 3 is 2.00 bits per heavy atom. The molecular weight excluding hydrogens is 300 g/mol. The van der Waals surface area contributed by atoms with Crippen LogP contribution >= 0.6 is 0 Å². The van der Waals surface area contributed by atoms with Gasteiger partial charge in [-0.1, -0.05) is 101 Å². The second-order valence-corrected chi connectivity index (χ2v) is 6.59. The molecule has 0 heterocycles. The first-order valence-corrected chi connectivity index (χ1v) is 9.62. The fourth-order valence-electron chi connectivity index (χ4n) is 2.87. The van der Waals surface area contributed by atoms with E-state index in [2.05, 4.69) is 6.92 Å². The highest BCUT2D eigenvalue weighted by atomic mass is 16.5. The van der Waals surface area contributed by atoms with E-state index in [9.17, 15) is 9.90 Å². The third kappa shape index (κ3) is 10.4. The lowest BCUT2D eigenvalue weighted by molar-refractivity contribution is -0.151. The van der Waals surface area contributed by atoms with Crippen molar-refractivity contribution in [3.05, 3.63) is 35.9 Å². The lowest BCUT2D eigenvalue weighted by Gasteiger charge is -2.13. The summed E-state index contributed by atoms with van der Waals surface area (Å²) in [4.78, 5) is 11.3. The van der Waals surface area contributed by atoms with E-state index >= 15 is 0 Å². The number of aliphatic carboxylic acids is 1. The van der Waals surface area contributed by atoms with Crippen LogP contribution in [0.1, 0.15) is 83.1 Å². The molecule has 0 aliphatic carbocycles. The Labute approximate surface area is 147 Å². The summed E-state index contributed by atoms with van der Waals surface area (Å²) in [5.41, 5.74) is 1.02. The van der Waals surface area contributed by atoms with Crippen LogP contribution in [0.3, 0.4) is 0 Å². The predicted octanol–water partition coefficient (Wildman–Crippen LogP) is 5.97. The van der Waals surface area contributed by atoms with Crippen LogP contribution < -0.4 is 0 Å². The Morgan fingerprint density at radius 1 is 0.917 bits per heavy atom. The number of unbranched alkanes of at least 4 members (excludes halogenated alkanes) is 9. The van der Waals surface area contributed by atoms with Crippen LogP contribution in [0.4, 0.5) is 0 Å². The van der Waals surface area contributed by atoms with Gasteiger partial charge in [0.05, 0.1) is 6.61 Å². The molecule has 1 aromatic rings. The number of rotatable bonds is 15. The Morgan fingerprint density at radius 2 is 1.46 bits per heavy atom. The Balaban J connectivity index is 2.04. The number of carbonyl (C=O) groups is 1. The van der Waals surface area contributed by atoms with E-state index in [0.717, 1.165) is 18.4 Å². The highest BCUT2D eigenvalue weighted by molar-refractivity contribution is 5.72. The van der Waals surface area contributed by atoms with Gasteiger partial charge in [0.15, 0.2) is 6.10 Å². The van der Waals surface area contributed by atoms with Crippen LogP contribution in [-0.4, -0.2) is 17.2 Å². The molecule has 0 radical (unpaired) electrons. The first-order valence-electron chi connectivity index (χ1n) is 9.62. The molecule has 1 rings (SSSR count). The average molecular weight is 334 g/mol. The second kappa shape index (κ2) is 14.0. The van der Waals surface area contributed by atoms with Crippen LogP contribution in [0.15, 0.2) is 30.3 Å². The maximum Gasteiger partial charge on any atom is 0.332 e. The molecule has 0 unspecified atom stereocenters. The highest BCUT2D eigenvalue weighted by Gasteiger charge is 2.17. The predicted molar refractivity (Wildman–Crippen MR) is 99.1 cm³/mol. The second-order valence-electron chi connectivity index (χ2n) is 6.59. The zero-order valence-electron chi connectivity index (χ0n) is 15.2. The van der Waals surface area contributed by atoms with Gasteiger partial charge in [0.25, 0.3) is 0 Å². The standard InChI is InChI=1S/C21H34O3/c1-2-3-4-5-6-7-8-9-10-14-17-20(21(22)23)24-18-19-15-12-11-13-16-19/h11-13,15-16,20H,2-10,14,17-18H2,1H3,(H,22,23)/t20-/m0/s1. The van der Waals surface area contributed by atoms with E-state index in [4.69, 9.17) is 4.74 Å². The lowest BCUT2D eigenvalue weighted by atomic mass is 10.0. The fourth-order valence-corrected chi connectivity index (χ4v) is 2.87. The van der Waals surface area contributed by atoms with Crippen LogP contribution in [0, 0.1) is 0 Å². The summed E-state index contributed by atoms with van der Waals surface area (Å²) in [6.07, 6.45) is 12.5. The molecule has 1 atom stereocenters. The largest absolute Gasteiger partial charge is 0.479 e. The van der Waals surface area contributed by atoms with Crippen molar-refractivity contribution >= 4 is 5.97 Å². The SMILES string of the molecule is CCCCCCCCCCCC[C@H](OCc1ccccc1)C(=O)O. The molecule has 0 aliphatic rings. The molecule has 3 nitrogen and oxygen atoms in total. The normalized spacial score (nSPS) is 12.2. The van der Waals surface area contributed by atoms with Crippen molar-refractivity contribution in [2.75, 3.05) is 0 Å². The summed E-state index contributed by atoms with van der Waals surface area (Å²) < 4.78 is 5.57. The van der Waals surface area contributed by atoms with Gasteiger partial charge in [0.1, 0.15) is 0 Å². The van der Waals surface area contributed by atoms with Gasteiger partial charge in [-0.05, 0) is 12.0 Å². The molecule has 0 saturated carbocycles. The number of benzene rings is 1. The van der Waals surface area contributed by atoms with Gasteiger partial charge in [-0.15, -0.1) is 0 Å². The Kier molecular flexibility index (Phi) is 12.1. The molecule has 0 aromatic heterocycles. The monoisotopic (exact) mass is 334 g/mol. The Bertz CT molecular complexity index is 416. The van der Waals surface area contributed by atoms with Gasteiger partial charge in [0.2, 0.25) is 0 Å². The fraction of sp³-hybridized carbons (Fsp3) is 0.667. The van der Waals surface area contributed by atoms with E-state index < -0.39 is 12.1 Å². The van der Waals surface area contributed by atoms with Gasteiger partial charge >= 0.3 is 5.97 Å². The molecule has 0 bridgehead atoms. The molecule has 0 spiro atoms. The van der Waals surface area contributed by atoms with Gasteiger partial charge < -0.3 is 9.84 Å². The topological polar surface area (TPSA) is 46.5 Å². The summed E-state index contributed by atoms with van der Waals surface area (Å²) in [5.74, 6) is -0.846. The quantitative estimate of drug-likeness (QED) is 0.402. The maximum atomic E-state index is 11.3. The first kappa shape index (κ1) is 20.7. The summed E-state index contributed by atoms with van der Waals surface area (Å²) in [6.45, 7) is 2.61. The smallest absolute Gasteiger partial charge is 0.332 e. The minimum atomic E-state index is -0.846. The van der Waals surface area contributed by atoms with Crippen molar-refractivity contribution in [3.63, 3.8) is 0 Å². The first-order chi connectivity index (χ1) is 11.7. The summed E-state index contributed by atoms with van der Waals surface area (Å²) >= 11 is 0. The summed E-state index contributed by atoms with van der Waals surface area (Å²) in [5, 5.41) is 9.27. The molecule has 1 aromatic carbocycles. The Hall–Kier alpha value is -1.35. The molecule has 0 saturated heterocycles. The number of carboxylic acids is 1. The molecule has 0 aliphatic heterocycles. The third-order valence-electron chi connectivity index (χ3n) is 4.39. The minimum Gasteiger partial charge on any atom is -0.479 e. The van der Waals surface area contributed by atoms with Crippen LogP contribution in [0.25, 0.3) is 0 Å². The summed E-state index contributed by atoms with van der Waals surface area (Å²) in [6, 6.07) is 9.74. The van der Waals surface area contributed by atoms with E-state index in [1.807, 2.05) is 30.3 Å². The molecule has 24 heavy (non-hydrogen) atoms. The van der Waals surface area contributed by atoms with Crippen LogP contribution in [0.5, 0.6) is 0 Å². The van der Waals surface area contributed by atoms with Crippen molar-refractivity contribution in [2.24, 2.45) is 0 Å².